The molecule has 0 bridgehead atoms. The van der Waals surface area contributed by atoms with Gasteiger partial charge in [-0.05, 0) is 268 Å². The largest absolute Gasteiger partial charge is 0.0620 e. The Morgan fingerprint density at radius 1 is 0.250 bits per heavy atom. The first kappa shape index (κ1) is 49.7. The highest BCUT2D eigenvalue weighted by atomic mass is 14.3. The van der Waals surface area contributed by atoms with Crippen molar-refractivity contribution in [1.82, 2.24) is 0 Å². The van der Waals surface area contributed by atoms with Crippen molar-refractivity contribution >= 4 is 140 Å². The van der Waals surface area contributed by atoms with Crippen LogP contribution in [0.1, 0.15) is 114 Å². The van der Waals surface area contributed by atoms with Gasteiger partial charge in [0.25, 0.3) is 0 Å². The van der Waals surface area contributed by atoms with Crippen LogP contribution in [0.15, 0.2) is 182 Å². The van der Waals surface area contributed by atoms with Crippen LogP contribution in [0, 0.1) is 13.8 Å². The van der Waals surface area contributed by atoms with Crippen molar-refractivity contribution in [3.05, 3.63) is 215 Å². The summed E-state index contributed by atoms with van der Waals surface area (Å²) in [5.41, 5.74) is 16.1. The van der Waals surface area contributed by atoms with Crippen LogP contribution >= 0.6 is 0 Å². The summed E-state index contributed by atoms with van der Waals surface area (Å²) in [6.07, 6.45) is 0. The van der Waals surface area contributed by atoms with Crippen LogP contribution in [0.3, 0.4) is 0 Å². The van der Waals surface area contributed by atoms with Crippen molar-refractivity contribution in [3.63, 3.8) is 0 Å². The average Bonchev–Trinajstić information content (AvgIpc) is 1.47. The quantitative estimate of drug-likeness (QED) is 0.119. The van der Waals surface area contributed by atoms with Crippen molar-refractivity contribution in [2.45, 2.75) is 106 Å². The number of fused-ring (bicyclic) bond motifs is 11. The van der Waals surface area contributed by atoms with E-state index in [1.807, 2.05) is 0 Å². The fourth-order valence-electron chi connectivity index (χ4n) is 16.3. The van der Waals surface area contributed by atoms with Gasteiger partial charge in [-0.2, -0.15) is 0 Å². The first-order chi connectivity index (χ1) is 40.5. The zero-order valence-electron chi connectivity index (χ0n) is 50.5. The van der Waals surface area contributed by atoms with E-state index >= 15 is 0 Å². The Morgan fingerprint density at radius 3 is 1.07 bits per heavy atom. The van der Waals surface area contributed by atoms with Gasteiger partial charge >= 0.3 is 0 Å². The van der Waals surface area contributed by atoms with E-state index in [4.69, 9.17) is 0 Å². The SMILES string of the molecule is Cc1ccccc1-c1c2cc3c(cc2c(-c2ccccc2C)c2c4ccc5c6cc(C(C)(C)C)cc7cc(C(C)(C)C)cc(c8ccc(c12)c4c85)c76)c1ccc2c4ccc(-c5c(C(C)C)cccc5C(C)C)c5cccc(c6ccc3c1c62)c54. The molecule has 0 aromatic heterocycles. The molecule has 0 unspecified atom stereocenters. The Balaban J connectivity index is 1.03. The van der Waals surface area contributed by atoms with Crippen LogP contribution in [0.2, 0.25) is 0 Å². The Bertz CT molecular complexity index is 5390. The van der Waals surface area contributed by atoms with Crippen molar-refractivity contribution in [1.29, 1.82) is 0 Å². The van der Waals surface area contributed by atoms with Crippen LogP contribution in [0.4, 0.5) is 0 Å². The molecule has 84 heavy (non-hydrogen) atoms. The number of aryl methyl sites for hydroxylation is 2. The lowest BCUT2D eigenvalue weighted by molar-refractivity contribution is 0.590. The van der Waals surface area contributed by atoms with Crippen LogP contribution < -0.4 is 0 Å². The van der Waals surface area contributed by atoms with Gasteiger partial charge in [-0.1, -0.05) is 227 Å². The molecular weight excluding hydrogens is 1010 g/mol. The molecule has 0 amide bonds. The highest BCUT2D eigenvalue weighted by Crippen LogP contribution is 2.57. The topological polar surface area (TPSA) is 0 Å². The number of benzene rings is 15. The predicted molar refractivity (Wildman–Crippen MR) is 370 cm³/mol. The zero-order valence-corrected chi connectivity index (χ0v) is 50.5. The molecular formula is C84H68. The molecule has 0 heterocycles. The van der Waals surface area contributed by atoms with Crippen molar-refractivity contribution in [2.24, 2.45) is 0 Å². The molecule has 0 N–H and O–H groups in total. The van der Waals surface area contributed by atoms with Gasteiger partial charge in [-0.3, -0.25) is 0 Å². The maximum atomic E-state index is 2.62. The number of rotatable bonds is 5. The Morgan fingerprint density at radius 2 is 0.619 bits per heavy atom. The molecule has 0 aliphatic heterocycles. The fraction of sp³-hybridized carbons (Fsp3) is 0.190. The minimum Gasteiger partial charge on any atom is -0.0620 e. The highest BCUT2D eigenvalue weighted by molar-refractivity contribution is 6.48. The van der Waals surface area contributed by atoms with E-state index < -0.39 is 0 Å². The van der Waals surface area contributed by atoms with Gasteiger partial charge in [0.05, 0.1) is 0 Å². The monoisotopic (exact) mass is 1080 g/mol. The summed E-state index contributed by atoms with van der Waals surface area (Å²) in [5.74, 6) is 0.811. The fourth-order valence-corrected chi connectivity index (χ4v) is 16.3. The van der Waals surface area contributed by atoms with E-state index in [1.165, 1.54) is 207 Å². The third-order valence-electron chi connectivity index (χ3n) is 20.3. The first-order valence-corrected chi connectivity index (χ1v) is 30.8. The second kappa shape index (κ2) is 16.9. The molecule has 0 aliphatic rings. The second-order valence-corrected chi connectivity index (χ2v) is 27.9. The van der Waals surface area contributed by atoms with Crippen molar-refractivity contribution < 1.29 is 0 Å². The van der Waals surface area contributed by atoms with E-state index in [9.17, 15) is 0 Å². The summed E-state index contributed by atoms with van der Waals surface area (Å²) in [5, 5.41) is 34.9. The molecule has 17 rings (SSSR count). The average molecular weight is 1080 g/mol. The van der Waals surface area contributed by atoms with Gasteiger partial charge < -0.3 is 0 Å². The Hall–Kier alpha value is -8.84. The summed E-state index contributed by atoms with van der Waals surface area (Å²) < 4.78 is 0. The van der Waals surface area contributed by atoms with E-state index in [0.717, 1.165) is 0 Å². The summed E-state index contributed by atoms with van der Waals surface area (Å²) in [7, 11) is 0. The highest BCUT2D eigenvalue weighted by Gasteiger charge is 2.30. The molecule has 17 aromatic rings. The van der Waals surface area contributed by atoms with Crippen molar-refractivity contribution in [3.8, 4) is 33.4 Å². The molecule has 0 nitrogen and oxygen atoms in total. The summed E-state index contributed by atoms with van der Waals surface area (Å²) in [6, 6.07) is 72.4. The molecule has 0 spiro atoms. The van der Waals surface area contributed by atoms with Gasteiger partial charge in [0.2, 0.25) is 0 Å². The van der Waals surface area contributed by atoms with Crippen LogP contribution in [0.5, 0.6) is 0 Å². The Labute approximate surface area is 491 Å². The maximum absolute atomic E-state index is 2.62. The normalized spacial score (nSPS) is 13.2. The lowest BCUT2D eigenvalue weighted by atomic mass is 9.79. The zero-order chi connectivity index (χ0) is 57.3. The molecule has 0 fully saturated rings. The number of hydrogen-bond donors (Lipinski definition) is 0. The van der Waals surface area contributed by atoms with Gasteiger partial charge in [0.15, 0.2) is 0 Å². The first-order valence-electron chi connectivity index (χ1n) is 30.8. The molecule has 0 saturated carbocycles. The lowest BCUT2D eigenvalue weighted by Crippen LogP contribution is -2.12. The maximum Gasteiger partial charge on any atom is -0.000730 e. The molecule has 0 aliphatic carbocycles. The molecule has 0 atom stereocenters. The van der Waals surface area contributed by atoms with Crippen LogP contribution in [0.25, 0.3) is 173 Å². The second-order valence-electron chi connectivity index (χ2n) is 27.9. The van der Waals surface area contributed by atoms with Crippen molar-refractivity contribution in [2.75, 3.05) is 0 Å². The molecule has 404 valence electrons. The molecule has 0 radical (unpaired) electrons. The van der Waals surface area contributed by atoms with Gasteiger partial charge in [-0.25, -0.2) is 0 Å². The molecule has 0 heteroatoms. The third-order valence-corrected chi connectivity index (χ3v) is 20.3. The van der Waals surface area contributed by atoms with Crippen LogP contribution in [-0.4, -0.2) is 0 Å². The van der Waals surface area contributed by atoms with E-state index in [0.29, 0.717) is 11.8 Å². The predicted octanol–water partition coefficient (Wildman–Crippen LogP) is 24.9. The Kier molecular flexibility index (Phi) is 10.0. The number of hydrogen-bond acceptors (Lipinski definition) is 0. The third kappa shape index (κ3) is 6.50. The van der Waals surface area contributed by atoms with E-state index in [1.54, 1.807) is 0 Å². The minimum atomic E-state index is -0.0191. The molecule has 17 aromatic carbocycles. The smallest absolute Gasteiger partial charge is 0.000730 e. The van der Waals surface area contributed by atoms with Gasteiger partial charge in [0, 0.05) is 0 Å². The van der Waals surface area contributed by atoms with E-state index in [2.05, 4.69) is 265 Å². The minimum absolute atomic E-state index is 0.0191. The summed E-state index contributed by atoms with van der Waals surface area (Å²) in [6.45, 7) is 28.2. The lowest BCUT2D eigenvalue weighted by Gasteiger charge is -2.25. The van der Waals surface area contributed by atoms with E-state index in [-0.39, 0.29) is 10.8 Å². The molecule has 0 saturated heterocycles. The summed E-state index contributed by atoms with van der Waals surface area (Å²) in [4.78, 5) is 0. The van der Waals surface area contributed by atoms with Gasteiger partial charge in [-0.15, -0.1) is 0 Å². The standard InChI is InChI=1S/C84H68/c1-43(2)50-23-17-24-51(44(3)4)73(50)56-27-28-57-59-30-32-61-67-42-71-70(41-66(67)60-31-29-58(77(59)78(60)61)55-26-18-25-54(56)74(55)57)75(52-21-15-13-19-45(52)5)81-64-35-33-62-68-39-48(83(7,8)9)37-47-38-49(84(10,11)12)40-69(72(47)68)63-34-36-65(80(64)79(62)63)82(81)76(71)53-22-16-14-20-46(53)6/h13-44H,1-12H3. The summed E-state index contributed by atoms with van der Waals surface area (Å²) >= 11 is 0. The van der Waals surface area contributed by atoms with Crippen LogP contribution in [-0.2, 0) is 10.8 Å². The van der Waals surface area contributed by atoms with Gasteiger partial charge in [0.1, 0.15) is 0 Å².